The molecular formula is C14H18N2OS2. The number of likely N-dealkylation sites (tertiary alicyclic amines) is 1. The Bertz CT molecular complexity index is 426. The van der Waals surface area contributed by atoms with Gasteiger partial charge in [0.2, 0.25) is 0 Å². The van der Waals surface area contributed by atoms with Crippen molar-refractivity contribution in [3.63, 3.8) is 0 Å². The summed E-state index contributed by atoms with van der Waals surface area (Å²) in [6.07, 6.45) is 1.25. The van der Waals surface area contributed by atoms with Crippen LogP contribution in [0.3, 0.4) is 0 Å². The summed E-state index contributed by atoms with van der Waals surface area (Å²) >= 11 is 7.15. The second-order valence-electron chi connectivity index (χ2n) is 4.42. The highest BCUT2D eigenvalue weighted by molar-refractivity contribution is 7.99. The monoisotopic (exact) mass is 294 g/mol. The van der Waals surface area contributed by atoms with E-state index in [2.05, 4.69) is 22.3 Å². The molecule has 0 atom stereocenters. The van der Waals surface area contributed by atoms with Crippen molar-refractivity contribution < 1.29 is 4.79 Å². The van der Waals surface area contributed by atoms with E-state index < -0.39 is 0 Å². The normalized spacial score (nSPS) is 15.4. The minimum Gasteiger partial charge on any atom is -0.362 e. The van der Waals surface area contributed by atoms with Gasteiger partial charge in [-0.1, -0.05) is 18.2 Å². The Balaban J connectivity index is 1.63. The van der Waals surface area contributed by atoms with Gasteiger partial charge in [-0.2, -0.15) is 0 Å². The number of hydrogen-bond donors (Lipinski definition) is 1. The van der Waals surface area contributed by atoms with Crippen LogP contribution in [-0.4, -0.2) is 41.2 Å². The number of piperidine rings is 1. The highest BCUT2D eigenvalue weighted by atomic mass is 32.2. The molecule has 1 heterocycles. The van der Waals surface area contributed by atoms with Crippen molar-refractivity contribution in [3.05, 3.63) is 30.3 Å². The summed E-state index contributed by atoms with van der Waals surface area (Å²) < 4.78 is 0. The van der Waals surface area contributed by atoms with E-state index in [0.29, 0.717) is 18.6 Å². The SMILES string of the molecule is O=C1CCN(C(=S)NCCSc2ccccc2)CC1. The number of carbonyl (C=O) groups is 1. The predicted octanol–water partition coefficient (Wildman–Crippen LogP) is 2.32. The van der Waals surface area contributed by atoms with E-state index in [1.54, 1.807) is 0 Å². The number of hydrogen-bond acceptors (Lipinski definition) is 3. The van der Waals surface area contributed by atoms with Crippen molar-refractivity contribution in [2.45, 2.75) is 17.7 Å². The van der Waals surface area contributed by atoms with Gasteiger partial charge >= 0.3 is 0 Å². The van der Waals surface area contributed by atoms with Crippen LogP contribution in [0.5, 0.6) is 0 Å². The van der Waals surface area contributed by atoms with Crippen molar-refractivity contribution >= 4 is 34.9 Å². The fraction of sp³-hybridized carbons (Fsp3) is 0.429. The van der Waals surface area contributed by atoms with Crippen LogP contribution in [0.2, 0.25) is 0 Å². The molecule has 3 nitrogen and oxygen atoms in total. The molecule has 2 rings (SSSR count). The number of Topliss-reactive ketones (excluding diaryl/α,β-unsaturated/α-hetero) is 1. The zero-order valence-electron chi connectivity index (χ0n) is 10.8. The number of ketones is 1. The van der Waals surface area contributed by atoms with E-state index in [1.165, 1.54) is 4.90 Å². The molecule has 1 aliphatic heterocycles. The van der Waals surface area contributed by atoms with Gasteiger partial charge in [0.25, 0.3) is 0 Å². The quantitative estimate of drug-likeness (QED) is 0.523. The third kappa shape index (κ3) is 4.84. The second kappa shape index (κ2) is 7.50. The first-order valence-corrected chi connectivity index (χ1v) is 7.87. The first kappa shape index (κ1) is 14.3. The molecule has 0 saturated carbocycles. The Morgan fingerprint density at radius 3 is 2.63 bits per heavy atom. The van der Waals surface area contributed by atoms with Crippen LogP contribution in [0.4, 0.5) is 0 Å². The van der Waals surface area contributed by atoms with Crippen LogP contribution in [0.25, 0.3) is 0 Å². The maximum atomic E-state index is 11.2. The van der Waals surface area contributed by atoms with Gasteiger partial charge in [-0.05, 0) is 24.4 Å². The fourth-order valence-corrected chi connectivity index (χ4v) is 2.99. The van der Waals surface area contributed by atoms with E-state index >= 15 is 0 Å². The molecule has 1 saturated heterocycles. The highest BCUT2D eigenvalue weighted by Crippen LogP contribution is 2.15. The van der Waals surface area contributed by atoms with E-state index in [4.69, 9.17) is 12.2 Å². The van der Waals surface area contributed by atoms with Crippen molar-refractivity contribution in [2.24, 2.45) is 0 Å². The van der Waals surface area contributed by atoms with E-state index in [1.807, 2.05) is 30.0 Å². The van der Waals surface area contributed by atoms with Crippen LogP contribution in [0, 0.1) is 0 Å². The van der Waals surface area contributed by atoms with Crippen LogP contribution in [-0.2, 0) is 4.79 Å². The Kier molecular flexibility index (Phi) is 5.66. The number of carbonyl (C=O) groups excluding carboxylic acids is 1. The number of nitrogens with one attached hydrogen (secondary N) is 1. The zero-order chi connectivity index (χ0) is 13.5. The zero-order valence-corrected chi connectivity index (χ0v) is 12.4. The molecule has 0 spiro atoms. The summed E-state index contributed by atoms with van der Waals surface area (Å²) in [5.74, 6) is 1.33. The molecule has 1 aliphatic rings. The van der Waals surface area contributed by atoms with Crippen LogP contribution in [0.1, 0.15) is 12.8 Å². The van der Waals surface area contributed by atoms with Crippen molar-refractivity contribution in [2.75, 3.05) is 25.4 Å². The minimum atomic E-state index is 0.346. The average molecular weight is 294 g/mol. The van der Waals surface area contributed by atoms with Crippen LogP contribution >= 0.6 is 24.0 Å². The molecular weight excluding hydrogens is 276 g/mol. The Morgan fingerprint density at radius 2 is 1.95 bits per heavy atom. The van der Waals surface area contributed by atoms with Gasteiger partial charge in [-0.3, -0.25) is 4.79 Å². The summed E-state index contributed by atoms with van der Waals surface area (Å²) in [7, 11) is 0. The van der Waals surface area contributed by atoms with Crippen LogP contribution in [0.15, 0.2) is 35.2 Å². The topological polar surface area (TPSA) is 32.3 Å². The number of nitrogens with zero attached hydrogens (tertiary/aromatic N) is 1. The van der Waals surface area contributed by atoms with Crippen LogP contribution < -0.4 is 5.32 Å². The maximum Gasteiger partial charge on any atom is 0.168 e. The molecule has 5 heteroatoms. The number of thiocarbonyl (C=S) groups is 1. The second-order valence-corrected chi connectivity index (χ2v) is 5.97. The fourth-order valence-electron chi connectivity index (χ4n) is 1.91. The molecule has 0 aliphatic carbocycles. The molecule has 1 aromatic rings. The van der Waals surface area contributed by atoms with Gasteiger partial charge in [0.15, 0.2) is 5.11 Å². The number of rotatable bonds is 4. The average Bonchev–Trinajstić information content (AvgIpc) is 2.45. The van der Waals surface area contributed by atoms with E-state index in [9.17, 15) is 4.79 Å². The standard InChI is InChI=1S/C14H18N2OS2/c17-12-6-9-16(10-7-12)14(18)15-8-11-19-13-4-2-1-3-5-13/h1-5H,6-11H2,(H,15,18). The smallest absolute Gasteiger partial charge is 0.168 e. The van der Waals surface area contributed by atoms with Crippen molar-refractivity contribution in [3.8, 4) is 0 Å². The third-order valence-corrected chi connectivity index (χ3v) is 4.41. The molecule has 1 aromatic carbocycles. The van der Waals surface area contributed by atoms with Gasteiger partial charge in [0.05, 0.1) is 0 Å². The summed E-state index contributed by atoms with van der Waals surface area (Å²) in [6, 6.07) is 10.3. The van der Waals surface area contributed by atoms with Crippen molar-refractivity contribution in [1.82, 2.24) is 10.2 Å². The number of benzene rings is 1. The Hall–Kier alpha value is -1.07. The molecule has 19 heavy (non-hydrogen) atoms. The lowest BCUT2D eigenvalue weighted by molar-refractivity contribution is -0.120. The highest BCUT2D eigenvalue weighted by Gasteiger charge is 2.17. The molecule has 1 N–H and O–H groups in total. The molecule has 1 fully saturated rings. The first-order valence-electron chi connectivity index (χ1n) is 6.48. The Labute approximate surface area is 123 Å². The lowest BCUT2D eigenvalue weighted by Gasteiger charge is -2.28. The third-order valence-electron chi connectivity index (χ3n) is 3.00. The molecule has 0 radical (unpaired) electrons. The van der Waals surface area contributed by atoms with Gasteiger partial charge < -0.3 is 10.2 Å². The van der Waals surface area contributed by atoms with Gasteiger partial charge in [0, 0.05) is 43.1 Å². The maximum absolute atomic E-state index is 11.2. The van der Waals surface area contributed by atoms with Gasteiger partial charge in [-0.25, -0.2) is 0 Å². The lowest BCUT2D eigenvalue weighted by atomic mass is 10.1. The molecule has 102 valence electrons. The van der Waals surface area contributed by atoms with Crippen molar-refractivity contribution in [1.29, 1.82) is 0 Å². The summed E-state index contributed by atoms with van der Waals surface area (Å²) in [5, 5.41) is 4.04. The van der Waals surface area contributed by atoms with Gasteiger partial charge in [-0.15, -0.1) is 11.8 Å². The Morgan fingerprint density at radius 1 is 1.26 bits per heavy atom. The summed E-state index contributed by atoms with van der Waals surface area (Å²) in [4.78, 5) is 14.5. The minimum absolute atomic E-state index is 0.346. The van der Waals surface area contributed by atoms with E-state index in [-0.39, 0.29) is 0 Å². The molecule has 0 unspecified atom stereocenters. The summed E-state index contributed by atoms with van der Waals surface area (Å²) in [6.45, 7) is 2.37. The molecule has 0 bridgehead atoms. The first-order chi connectivity index (χ1) is 9.25. The largest absolute Gasteiger partial charge is 0.362 e. The number of thioether (sulfide) groups is 1. The molecule has 0 aromatic heterocycles. The summed E-state index contributed by atoms with van der Waals surface area (Å²) in [5.41, 5.74) is 0. The van der Waals surface area contributed by atoms with E-state index in [0.717, 1.165) is 30.5 Å². The predicted molar refractivity (Wildman–Crippen MR) is 83.6 cm³/mol. The lowest BCUT2D eigenvalue weighted by Crippen LogP contribution is -2.44. The molecule has 0 amide bonds. The van der Waals surface area contributed by atoms with Gasteiger partial charge in [0.1, 0.15) is 5.78 Å².